The molecule has 0 radical (unpaired) electrons. The fourth-order valence-electron chi connectivity index (χ4n) is 0.795. The quantitative estimate of drug-likeness (QED) is 0.684. The summed E-state index contributed by atoms with van der Waals surface area (Å²) >= 11 is -2.23. The van der Waals surface area contributed by atoms with Crippen molar-refractivity contribution in [3.63, 3.8) is 0 Å². The van der Waals surface area contributed by atoms with Crippen LogP contribution < -0.4 is 0 Å². The zero-order chi connectivity index (χ0) is 9.19. The first-order chi connectivity index (χ1) is 5.47. The van der Waals surface area contributed by atoms with Crippen LogP contribution in [0.4, 0.5) is 0 Å². The predicted octanol–water partition coefficient (Wildman–Crippen LogP) is 1.61. The Labute approximate surface area is 83.0 Å². The van der Waals surface area contributed by atoms with Crippen molar-refractivity contribution >= 4 is 21.5 Å². The standard InChI is InChI=1S/C4H8O2.C4H9O.Sb/c1-4(6)2-3-5;1-4(2,3)5;/h4H,2-3H2,1H3;1-3H3;/q-2;-1;+3. The van der Waals surface area contributed by atoms with E-state index in [0.717, 1.165) is 13.0 Å². The Morgan fingerprint density at radius 3 is 2.58 bits per heavy atom. The molecule has 1 saturated heterocycles. The Morgan fingerprint density at radius 1 is 1.42 bits per heavy atom. The third kappa shape index (κ3) is 4.08. The zero-order valence-electron chi connectivity index (χ0n) is 8.16. The van der Waals surface area contributed by atoms with Crippen molar-refractivity contribution < 1.29 is 9.05 Å². The topological polar surface area (TPSA) is 27.7 Å². The molecule has 1 unspecified atom stereocenters. The third-order valence-electron chi connectivity index (χ3n) is 1.34. The summed E-state index contributed by atoms with van der Waals surface area (Å²) in [4.78, 5) is 0. The molecule has 0 aromatic carbocycles. The first-order valence-electron chi connectivity index (χ1n) is 4.26. The summed E-state index contributed by atoms with van der Waals surface area (Å²) in [5.41, 5.74) is -0.125. The van der Waals surface area contributed by atoms with Crippen LogP contribution in [-0.4, -0.2) is 39.8 Å². The van der Waals surface area contributed by atoms with Crippen molar-refractivity contribution in [3.8, 4) is 0 Å². The van der Waals surface area contributed by atoms with Crippen LogP contribution in [0.15, 0.2) is 0 Å². The van der Waals surface area contributed by atoms with Crippen LogP contribution >= 0.6 is 0 Å². The summed E-state index contributed by atoms with van der Waals surface area (Å²) in [6.07, 6.45) is 1.32. The molecule has 12 heavy (non-hydrogen) atoms. The van der Waals surface area contributed by atoms with E-state index in [4.69, 9.17) is 9.05 Å². The van der Waals surface area contributed by atoms with Gasteiger partial charge in [-0.05, 0) is 0 Å². The monoisotopic (exact) mass is 282 g/mol. The third-order valence-corrected chi connectivity index (χ3v) is 5.97. The summed E-state index contributed by atoms with van der Waals surface area (Å²) in [7, 11) is 0. The van der Waals surface area contributed by atoms with Crippen molar-refractivity contribution in [2.45, 2.75) is 45.8 Å². The second kappa shape index (κ2) is 4.27. The molecule has 72 valence electrons. The molecule has 1 atom stereocenters. The van der Waals surface area contributed by atoms with Crippen LogP contribution in [0, 0.1) is 0 Å². The van der Waals surface area contributed by atoms with Gasteiger partial charge in [0.05, 0.1) is 0 Å². The Bertz CT molecular complexity index is 144. The van der Waals surface area contributed by atoms with Crippen LogP contribution in [0.1, 0.15) is 34.1 Å². The van der Waals surface area contributed by atoms with Gasteiger partial charge in [0, 0.05) is 0 Å². The maximum absolute atomic E-state index is 5.69. The van der Waals surface area contributed by atoms with Gasteiger partial charge in [0.15, 0.2) is 0 Å². The van der Waals surface area contributed by atoms with Crippen molar-refractivity contribution in [1.29, 1.82) is 0 Å². The van der Waals surface area contributed by atoms with E-state index in [1.54, 1.807) is 0 Å². The molecular formula is C8H17O3Sb. The molecule has 1 aliphatic rings. The van der Waals surface area contributed by atoms with Gasteiger partial charge in [-0.2, -0.15) is 0 Å². The van der Waals surface area contributed by atoms with E-state index < -0.39 is 21.5 Å². The molecule has 3 nitrogen and oxygen atoms in total. The molecular weight excluding hydrogens is 266 g/mol. The second-order valence-corrected chi connectivity index (χ2v) is 7.10. The Morgan fingerprint density at radius 2 is 2.08 bits per heavy atom. The number of hydrogen-bond donors (Lipinski definition) is 0. The van der Waals surface area contributed by atoms with Crippen LogP contribution in [0.5, 0.6) is 0 Å². The first-order valence-corrected chi connectivity index (χ1v) is 7.39. The van der Waals surface area contributed by atoms with Crippen LogP contribution in [0.3, 0.4) is 0 Å². The molecule has 1 heterocycles. The summed E-state index contributed by atoms with van der Waals surface area (Å²) in [5.74, 6) is 0. The normalized spacial score (nSPS) is 27.5. The zero-order valence-corrected chi connectivity index (χ0v) is 10.7. The minimum atomic E-state index is -2.23. The molecule has 1 fully saturated rings. The van der Waals surface area contributed by atoms with E-state index in [0.29, 0.717) is 6.10 Å². The summed E-state index contributed by atoms with van der Waals surface area (Å²) < 4.78 is 16.8. The van der Waals surface area contributed by atoms with Crippen molar-refractivity contribution in [2.24, 2.45) is 0 Å². The van der Waals surface area contributed by atoms with Crippen LogP contribution in [0.2, 0.25) is 0 Å². The Kier molecular flexibility index (Phi) is 3.84. The molecule has 0 aromatic heterocycles. The van der Waals surface area contributed by atoms with Crippen LogP contribution in [-0.2, 0) is 9.05 Å². The van der Waals surface area contributed by atoms with E-state index in [-0.39, 0.29) is 5.60 Å². The molecule has 1 aliphatic heterocycles. The van der Waals surface area contributed by atoms with Gasteiger partial charge in [0.2, 0.25) is 0 Å². The molecule has 1 rings (SSSR count). The van der Waals surface area contributed by atoms with Gasteiger partial charge in [0.25, 0.3) is 0 Å². The number of rotatable bonds is 1. The van der Waals surface area contributed by atoms with Gasteiger partial charge in [0.1, 0.15) is 0 Å². The minimum absolute atomic E-state index is 0.125. The molecule has 0 amide bonds. The predicted molar refractivity (Wildman–Crippen MR) is 47.7 cm³/mol. The summed E-state index contributed by atoms with van der Waals surface area (Å²) in [6, 6.07) is 0. The van der Waals surface area contributed by atoms with Crippen molar-refractivity contribution in [3.05, 3.63) is 0 Å². The van der Waals surface area contributed by atoms with Gasteiger partial charge in [-0.3, -0.25) is 0 Å². The second-order valence-electron chi connectivity index (χ2n) is 3.97. The van der Waals surface area contributed by atoms with E-state index >= 15 is 0 Å². The SMILES string of the molecule is CC1CC[O][Sb]([O]C(C)(C)C)[O]1. The van der Waals surface area contributed by atoms with E-state index in [2.05, 4.69) is 6.92 Å². The van der Waals surface area contributed by atoms with Gasteiger partial charge < -0.3 is 0 Å². The average Bonchev–Trinajstić information content (AvgIpc) is 1.82. The van der Waals surface area contributed by atoms with Gasteiger partial charge >= 0.3 is 82.9 Å². The molecule has 0 saturated carbocycles. The van der Waals surface area contributed by atoms with E-state index in [9.17, 15) is 0 Å². The maximum atomic E-state index is 5.69. The Balaban J connectivity index is 2.32. The van der Waals surface area contributed by atoms with Crippen molar-refractivity contribution in [2.75, 3.05) is 6.61 Å². The summed E-state index contributed by atoms with van der Waals surface area (Å²) in [5, 5.41) is 0. The molecule has 0 aliphatic carbocycles. The molecule has 4 heteroatoms. The fourth-order valence-corrected chi connectivity index (χ4v) is 4.38. The van der Waals surface area contributed by atoms with Gasteiger partial charge in [-0.1, -0.05) is 0 Å². The molecule has 0 bridgehead atoms. The van der Waals surface area contributed by atoms with Gasteiger partial charge in [-0.25, -0.2) is 0 Å². The van der Waals surface area contributed by atoms with Crippen LogP contribution in [0.25, 0.3) is 0 Å². The average molecular weight is 283 g/mol. The Hall–Kier alpha value is 0.698. The summed E-state index contributed by atoms with van der Waals surface area (Å²) in [6.45, 7) is 8.97. The number of hydrogen-bond acceptors (Lipinski definition) is 3. The fraction of sp³-hybridized carbons (Fsp3) is 1.00. The van der Waals surface area contributed by atoms with Gasteiger partial charge in [-0.15, -0.1) is 0 Å². The first kappa shape index (κ1) is 10.8. The molecule has 0 aromatic rings. The van der Waals surface area contributed by atoms with Crippen molar-refractivity contribution in [1.82, 2.24) is 0 Å². The van der Waals surface area contributed by atoms with E-state index in [1.165, 1.54) is 0 Å². The molecule has 0 N–H and O–H groups in total. The molecule has 0 spiro atoms. The van der Waals surface area contributed by atoms with E-state index in [1.807, 2.05) is 20.8 Å².